The molecule has 6 heteroatoms. The van der Waals surface area contributed by atoms with Crippen LogP contribution in [0, 0.1) is 11.3 Å². The number of hydrogen-bond donors (Lipinski definition) is 2. The largest absolute Gasteiger partial charge is 0.482 e. The number of amides is 2. The molecule has 0 unspecified atom stereocenters. The second-order valence-corrected chi connectivity index (χ2v) is 5.76. The van der Waals surface area contributed by atoms with Crippen molar-refractivity contribution in [1.29, 1.82) is 5.26 Å². The fraction of sp³-hybridized carbons (Fsp3) is 0.438. The molecule has 0 saturated heterocycles. The fourth-order valence-corrected chi connectivity index (χ4v) is 2.93. The molecule has 0 aromatic heterocycles. The number of benzene rings is 1. The third kappa shape index (κ3) is 2.75. The summed E-state index contributed by atoms with van der Waals surface area (Å²) in [5.41, 5.74) is 0.119. The monoisotopic (exact) mass is 299 g/mol. The highest BCUT2D eigenvalue weighted by Crippen LogP contribution is 2.30. The molecule has 0 spiro atoms. The highest BCUT2D eigenvalue weighted by molar-refractivity contribution is 6.00. The first-order valence-corrected chi connectivity index (χ1v) is 7.42. The van der Waals surface area contributed by atoms with E-state index in [1.807, 2.05) is 0 Å². The molecule has 0 bridgehead atoms. The Morgan fingerprint density at radius 3 is 2.82 bits per heavy atom. The van der Waals surface area contributed by atoms with Gasteiger partial charge in [-0.2, -0.15) is 5.26 Å². The zero-order chi connectivity index (χ0) is 15.6. The number of nitriles is 1. The van der Waals surface area contributed by atoms with Crippen molar-refractivity contribution in [2.75, 3.05) is 11.9 Å². The molecular weight excluding hydrogens is 282 g/mol. The van der Waals surface area contributed by atoms with Crippen LogP contribution in [0.1, 0.15) is 42.5 Å². The van der Waals surface area contributed by atoms with Gasteiger partial charge in [-0.25, -0.2) is 0 Å². The van der Waals surface area contributed by atoms with Gasteiger partial charge in [-0.05, 0) is 31.0 Å². The van der Waals surface area contributed by atoms with Gasteiger partial charge in [0.05, 0.1) is 11.8 Å². The van der Waals surface area contributed by atoms with E-state index in [0.29, 0.717) is 29.8 Å². The topological polar surface area (TPSA) is 91.2 Å². The summed E-state index contributed by atoms with van der Waals surface area (Å²) in [6.07, 6.45) is 4.35. The molecule has 6 nitrogen and oxygen atoms in total. The summed E-state index contributed by atoms with van der Waals surface area (Å²) < 4.78 is 5.27. The summed E-state index contributed by atoms with van der Waals surface area (Å²) in [7, 11) is 0. The highest BCUT2D eigenvalue weighted by Gasteiger charge is 2.34. The molecule has 2 aliphatic rings. The standard InChI is InChI=1S/C16H17N3O3/c17-10-16(6-2-1-3-7-16)19-15(21)11-4-5-13-12(8-11)18-14(20)9-22-13/h4-5,8H,1-3,6-7,9H2,(H,18,20)(H,19,21). The number of carbonyl (C=O) groups is 2. The molecule has 1 aromatic carbocycles. The number of fused-ring (bicyclic) bond motifs is 1. The molecule has 0 radical (unpaired) electrons. The molecule has 1 aliphatic carbocycles. The summed E-state index contributed by atoms with van der Waals surface area (Å²) in [4.78, 5) is 23.8. The molecule has 1 fully saturated rings. The van der Waals surface area contributed by atoms with Crippen LogP contribution in [0.5, 0.6) is 5.75 Å². The maximum absolute atomic E-state index is 12.4. The first kappa shape index (κ1) is 14.4. The lowest BCUT2D eigenvalue weighted by atomic mass is 9.82. The van der Waals surface area contributed by atoms with Crippen LogP contribution in [0.25, 0.3) is 0 Å². The third-order valence-corrected chi connectivity index (χ3v) is 4.15. The number of nitrogens with one attached hydrogen (secondary N) is 2. The minimum absolute atomic E-state index is 0.0178. The molecule has 114 valence electrons. The zero-order valence-electron chi connectivity index (χ0n) is 12.1. The molecule has 1 saturated carbocycles. The van der Waals surface area contributed by atoms with Crippen molar-refractivity contribution in [2.24, 2.45) is 0 Å². The highest BCUT2D eigenvalue weighted by atomic mass is 16.5. The van der Waals surface area contributed by atoms with Crippen molar-refractivity contribution in [3.05, 3.63) is 23.8 Å². The van der Waals surface area contributed by atoms with Crippen LogP contribution in [-0.2, 0) is 4.79 Å². The SMILES string of the molecule is N#CC1(NC(=O)c2ccc3c(c2)NC(=O)CO3)CCCCC1. The van der Waals surface area contributed by atoms with E-state index in [4.69, 9.17) is 4.74 Å². The van der Waals surface area contributed by atoms with E-state index in [0.717, 1.165) is 19.3 Å². The first-order chi connectivity index (χ1) is 10.6. The predicted molar refractivity (Wildman–Crippen MR) is 79.5 cm³/mol. The fourth-order valence-electron chi connectivity index (χ4n) is 2.93. The van der Waals surface area contributed by atoms with Crippen LogP contribution in [0.15, 0.2) is 18.2 Å². The first-order valence-electron chi connectivity index (χ1n) is 7.42. The maximum atomic E-state index is 12.4. The second-order valence-electron chi connectivity index (χ2n) is 5.76. The van der Waals surface area contributed by atoms with Gasteiger partial charge in [0.1, 0.15) is 11.3 Å². The molecule has 2 amide bonds. The number of nitrogens with zero attached hydrogens (tertiary/aromatic N) is 1. The Labute approximate surface area is 128 Å². The Balaban J connectivity index is 1.79. The smallest absolute Gasteiger partial charge is 0.262 e. The van der Waals surface area contributed by atoms with Gasteiger partial charge in [0.25, 0.3) is 11.8 Å². The molecule has 3 rings (SSSR count). The van der Waals surface area contributed by atoms with Crippen molar-refractivity contribution >= 4 is 17.5 Å². The van der Waals surface area contributed by atoms with Gasteiger partial charge in [0, 0.05) is 5.56 Å². The van der Waals surface area contributed by atoms with Gasteiger partial charge >= 0.3 is 0 Å². The third-order valence-electron chi connectivity index (χ3n) is 4.15. The molecule has 1 aliphatic heterocycles. The number of carbonyl (C=O) groups excluding carboxylic acids is 2. The minimum Gasteiger partial charge on any atom is -0.482 e. The number of rotatable bonds is 2. The lowest BCUT2D eigenvalue weighted by molar-refractivity contribution is -0.118. The van der Waals surface area contributed by atoms with Crippen molar-refractivity contribution in [1.82, 2.24) is 5.32 Å². The predicted octanol–water partition coefficient (Wildman–Crippen LogP) is 1.97. The summed E-state index contributed by atoms with van der Waals surface area (Å²) >= 11 is 0. The lowest BCUT2D eigenvalue weighted by Gasteiger charge is -2.31. The van der Waals surface area contributed by atoms with Crippen LogP contribution in [0.2, 0.25) is 0 Å². The van der Waals surface area contributed by atoms with Gasteiger partial charge in [-0.1, -0.05) is 19.3 Å². The van der Waals surface area contributed by atoms with Crippen LogP contribution < -0.4 is 15.4 Å². The van der Waals surface area contributed by atoms with E-state index in [1.54, 1.807) is 18.2 Å². The van der Waals surface area contributed by atoms with E-state index < -0.39 is 5.54 Å². The zero-order valence-corrected chi connectivity index (χ0v) is 12.1. The molecule has 0 atom stereocenters. The molecule has 2 N–H and O–H groups in total. The van der Waals surface area contributed by atoms with Gasteiger partial charge in [-0.3, -0.25) is 9.59 Å². The maximum Gasteiger partial charge on any atom is 0.262 e. The van der Waals surface area contributed by atoms with Crippen LogP contribution in [0.3, 0.4) is 0 Å². The van der Waals surface area contributed by atoms with E-state index in [1.165, 1.54) is 0 Å². The van der Waals surface area contributed by atoms with E-state index in [2.05, 4.69) is 16.7 Å². The Bertz CT molecular complexity index is 657. The van der Waals surface area contributed by atoms with Gasteiger partial charge < -0.3 is 15.4 Å². The van der Waals surface area contributed by atoms with Crippen LogP contribution in [-0.4, -0.2) is 24.0 Å². The summed E-state index contributed by atoms with van der Waals surface area (Å²) in [6, 6.07) is 7.13. The number of anilines is 1. The Morgan fingerprint density at radius 1 is 1.32 bits per heavy atom. The Hall–Kier alpha value is -2.55. The van der Waals surface area contributed by atoms with Crippen molar-refractivity contribution in [3.8, 4) is 11.8 Å². The summed E-state index contributed by atoms with van der Waals surface area (Å²) in [6.45, 7) is -0.0178. The van der Waals surface area contributed by atoms with Crippen LogP contribution >= 0.6 is 0 Å². The van der Waals surface area contributed by atoms with E-state index >= 15 is 0 Å². The number of hydrogen-bond acceptors (Lipinski definition) is 4. The number of ether oxygens (including phenoxy) is 1. The molecule has 1 heterocycles. The summed E-state index contributed by atoms with van der Waals surface area (Å²) in [5.74, 6) is 0.000666. The van der Waals surface area contributed by atoms with Crippen molar-refractivity contribution in [3.63, 3.8) is 0 Å². The second kappa shape index (κ2) is 5.68. The van der Waals surface area contributed by atoms with Gasteiger partial charge in [0.2, 0.25) is 0 Å². The minimum atomic E-state index is -0.773. The Kier molecular flexibility index (Phi) is 3.72. The lowest BCUT2D eigenvalue weighted by Crippen LogP contribution is -2.48. The average molecular weight is 299 g/mol. The van der Waals surface area contributed by atoms with E-state index in [9.17, 15) is 14.9 Å². The quantitative estimate of drug-likeness (QED) is 0.873. The Morgan fingerprint density at radius 2 is 2.09 bits per heavy atom. The average Bonchev–Trinajstić information content (AvgIpc) is 2.55. The normalized spacial score (nSPS) is 19.1. The van der Waals surface area contributed by atoms with Crippen molar-refractivity contribution < 1.29 is 14.3 Å². The molecular formula is C16H17N3O3. The van der Waals surface area contributed by atoms with Crippen LogP contribution in [0.4, 0.5) is 5.69 Å². The van der Waals surface area contributed by atoms with Gasteiger partial charge in [0.15, 0.2) is 6.61 Å². The summed E-state index contributed by atoms with van der Waals surface area (Å²) in [5, 5.41) is 15.0. The molecule has 22 heavy (non-hydrogen) atoms. The van der Waals surface area contributed by atoms with Gasteiger partial charge in [-0.15, -0.1) is 0 Å². The van der Waals surface area contributed by atoms with E-state index in [-0.39, 0.29) is 18.4 Å². The molecule has 1 aromatic rings. The van der Waals surface area contributed by atoms with Crippen molar-refractivity contribution in [2.45, 2.75) is 37.6 Å².